The van der Waals surface area contributed by atoms with Gasteiger partial charge in [0.1, 0.15) is 5.82 Å². The summed E-state index contributed by atoms with van der Waals surface area (Å²) in [6.07, 6.45) is 0.835. The van der Waals surface area contributed by atoms with Gasteiger partial charge in [-0.05, 0) is 40.5 Å². The maximum absolute atomic E-state index is 13.3. The van der Waals surface area contributed by atoms with Gasteiger partial charge in [0.15, 0.2) is 0 Å². The molecule has 1 unspecified atom stereocenters. The van der Waals surface area contributed by atoms with E-state index in [4.69, 9.17) is 4.74 Å². The van der Waals surface area contributed by atoms with Gasteiger partial charge in [-0.25, -0.2) is 4.39 Å². The van der Waals surface area contributed by atoms with Crippen LogP contribution in [0.1, 0.15) is 16.8 Å². The number of ether oxygens (including phenoxy) is 1. The van der Waals surface area contributed by atoms with Gasteiger partial charge in [0.05, 0.1) is 17.1 Å². The molecule has 0 radical (unpaired) electrons. The summed E-state index contributed by atoms with van der Waals surface area (Å²) >= 11 is 3.06. The van der Waals surface area contributed by atoms with Crippen LogP contribution in [0.5, 0.6) is 0 Å². The van der Waals surface area contributed by atoms with Crippen LogP contribution >= 0.6 is 15.9 Å². The Morgan fingerprint density at radius 1 is 1.59 bits per heavy atom. The fraction of sp³-hybridized carbons (Fsp3) is 0.417. The van der Waals surface area contributed by atoms with Crippen molar-refractivity contribution >= 4 is 21.8 Å². The number of benzene rings is 1. The molecule has 1 fully saturated rings. The van der Waals surface area contributed by atoms with E-state index in [1.165, 1.54) is 6.07 Å². The smallest absolute Gasteiger partial charge is 0.254 e. The molecule has 0 aromatic heterocycles. The first-order chi connectivity index (χ1) is 8.09. The summed E-state index contributed by atoms with van der Waals surface area (Å²) in [5.74, 6) is -0.598. The lowest BCUT2D eigenvalue weighted by atomic mass is 10.1. The van der Waals surface area contributed by atoms with Gasteiger partial charge in [0, 0.05) is 19.2 Å². The standard InChI is InChI=1S/C12H13BrFNO2/c1-15(9-4-5-17-7-9)12(16)8-2-3-10(13)11(14)6-8/h2-3,6,9H,4-5,7H2,1H3. The molecule has 1 aliphatic rings. The Labute approximate surface area is 108 Å². The second-order valence-electron chi connectivity index (χ2n) is 4.06. The highest BCUT2D eigenvalue weighted by Crippen LogP contribution is 2.19. The van der Waals surface area contributed by atoms with Gasteiger partial charge in [0.2, 0.25) is 0 Å². The van der Waals surface area contributed by atoms with E-state index in [1.54, 1.807) is 24.1 Å². The number of carbonyl (C=O) groups is 1. The first kappa shape index (κ1) is 12.5. The minimum Gasteiger partial charge on any atom is -0.379 e. The molecule has 1 aromatic rings. The average molecular weight is 302 g/mol. The van der Waals surface area contributed by atoms with Gasteiger partial charge < -0.3 is 9.64 Å². The molecule has 92 valence electrons. The zero-order valence-corrected chi connectivity index (χ0v) is 11.0. The van der Waals surface area contributed by atoms with Gasteiger partial charge >= 0.3 is 0 Å². The van der Waals surface area contributed by atoms with Gasteiger partial charge in [-0.3, -0.25) is 4.79 Å². The van der Waals surface area contributed by atoms with E-state index >= 15 is 0 Å². The Hall–Kier alpha value is -0.940. The third-order valence-electron chi connectivity index (χ3n) is 2.94. The molecule has 1 aliphatic heterocycles. The predicted molar refractivity (Wildman–Crippen MR) is 65.4 cm³/mol. The van der Waals surface area contributed by atoms with Crippen molar-refractivity contribution in [3.05, 3.63) is 34.1 Å². The van der Waals surface area contributed by atoms with E-state index in [-0.39, 0.29) is 11.9 Å². The average Bonchev–Trinajstić information content (AvgIpc) is 2.84. The number of likely N-dealkylation sites (N-methyl/N-ethyl adjacent to an activating group) is 1. The monoisotopic (exact) mass is 301 g/mol. The van der Waals surface area contributed by atoms with Crippen molar-refractivity contribution in [3.8, 4) is 0 Å². The molecule has 1 atom stereocenters. The number of carbonyl (C=O) groups excluding carboxylic acids is 1. The van der Waals surface area contributed by atoms with Crippen molar-refractivity contribution in [1.82, 2.24) is 4.90 Å². The third kappa shape index (κ3) is 2.66. The fourth-order valence-electron chi connectivity index (χ4n) is 1.83. The summed E-state index contributed by atoms with van der Waals surface area (Å²) in [7, 11) is 1.72. The van der Waals surface area contributed by atoms with E-state index in [1.807, 2.05) is 0 Å². The topological polar surface area (TPSA) is 29.5 Å². The highest BCUT2D eigenvalue weighted by atomic mass is 79.9. The number of hydrogen-bond donors (Lipinski definition) is 0. The Balaban J connectivity index is 2.15. The largest absolute Gasteiger partial charge is 0.379 e. The van der Waals surface area contributed by atoms with Crippen LogP contribution in [-0.4, -0.2) is 37.1 Å². The number of hydrogen-bond acceptors (Lipinski definition) is 2. The van der Waals surface area contributed by atoms with Crippen LogP contribution in [0.4, 0.5) is 4.39 Å². The fourth-order valence-corrected chi connectivity index (χ4v) is 2.07. The van der Waals surface area contributed by atoms with Crippen molar-refractivity contribution in [2.75, 3.05) is 20.3 Å². The van der Waals surface area contributed by atoms with Crippen molar-refractivity contribution in [2.24, 2.45) is 0 Å². The van der Waals surface area contributed by atoms with Crippen LogP contribution < -0.4 is 0 Å². The highest BCUT2D eigenvalue weighted by Gasteiger charge is 2.25. The molecule has 0 aliphatic carbocycles. The lowest BCUT2D eigenvalue weighted by molar-refractivity contribution is 0.0711. The van der Waals surface area contributed by atoms with Crippen LogP contribution in [-0.2, 0) is 4.74 Å². The number of amides is 1. The van der Waals surface area contributed by atoms with Gasteiger partial charge in [-0.2, -0.15) is 0 Å². The molecule has 1 saturated heterocycles. The van der Waals surface area contributed by atoms with Crippen LogP contribution in [0.3, 0.4) is 0 Å². The molecule has 1 heterocycles. The second-order valence-corrected chi connectivity index (χ2v) is 4.92. The van der Waals surface area contributed by atoms with Crippen molar-refractivity contribution in [2.45, 2.75) is 12.5 Å². The molecule has 1 amide bonds. The Morgan fingerprint density at radius 3 is 2.94 bits per heavy atom. The van der Waals surface area contributed by atoms with Crippen molar-refractivity contribution in [3.63, 3.8) is 0 Å². The van der Waals surface area contributed by atoms with E-state index in [2.05, 4.69) is 15.9 Å². The van der Waals surface area contributed by atoms with Gasteiger partial charge in [-0.15, -0.1) is 0 Å². The Bertz CT molecular complexity index is 433. The molecule has 0 bridgehead atoms. The van der Waals surface area contributed by atoms with E-state index in [9.17, 15) is 9.18 Å². The molecule has 5 heteroatoms. The molecule has 0 spiro atoms. The van der Waals surface area contributed by atoms with E-state index < -0.39 is 5.82 Å². The zero-order valence-electron chi connectivity index (χ0n) is 9.45. The number of rotatable bonds is 2. The summed E-state index contributed by atoms with van der Waals surface area (Å²) in [5, 5.41) is 0. The van der Waals surface area contributed by atoms with E-state index in [0.29, 0.717) is 23.2 Å². The maximum atomic E-state index is 13.3. The van der Waals surface area contributed by atoms with E-state index in [0.717, 1.165) is 6.42 Å². The molecule has 0 N–H and O–H groups in total. The number of nitrogens with zero attached hydrogens (tertiary/aromatic N) is 1. The molecule has 3 nitrogen and oxygen atoms in total. The maximum Gasteiger partial charge on any atom is 0.254 e. The summed E-state index contributed by atoms with van der Waals surface area (Å²) in [4.78, 5) is 13.7. The van der Waals surface area contributed by atoms with Crippen molar-refractivity contribution in [1.29, 1.82) is 0 Å². The summed E-state index contributed by atoms with van der Waals surface area (Å²) in [5.41, 5.74) is 0.361. The van der Waals surface area contributed by atoms with Gasteiger partial charge in [0.25, 0.3) is 5.91 Å². The molecular formula is C12H13BrFNO2. The lowest BCUT2D eigenvalue weighted by Crippen LogP contribution is -2.37. The van der Waals surface area contributed by atoms with Crippen LogP contribution in [0.15, 0.2) is 22.7 Å². The molecule has 2 rings (SSSR count). The molecular weight excluding hydrogens is 289 g/mol. The minimum absolute atomic E-state index is 0.0919. The van der Waals surface area contributed by atoms with Crippen LogP contribution in [0.25, 0.3) is 0 Å². The Morgan fingerprint density at radius 2 is 2.35 bits per heavy atom. The third-order valence-corrected chi connectivity index (χ3v) is 3.58. The van der Waals surface area contributed by atoms with Crippen molar-refractivity contribution < 1.29 is 13.9 Å². The summed E-state index contributed by atoms with van der Waals surface area (Å²) in [6, 6.07) is 4.50. The lowest BCUT2D eigenvalue weighted by Gasteiger charge is -2.23. The first-order valence-electron chi connectivity index (χ1n) is 5.39. The quantitative estimate of drug-likeness (QED) is 0.840. The van der Waals surface area contributed by atoms with Crippen LogP contribution in [0.2, 0.25) is 0 Å². The molecule has 17 heavy (non-hydrogen) atoms. The molecule has 1 aromatic carbocycles. The first-order valence-corrected chi connectivity index (χ1v) is 6.19. The predicted octanol–water partition coefficient (Wildman–Crippen LogP) is 2.45. The minimum atomic E-state index is -0.424. The molecule has 0 saturated carbocycles. The highest BCUT2D eigenvalue weighted by molar-refractivity contribution is 9.10. The van der Waals surface area contributed by atoms with Crippen LogP contribution in [0, 0.1) is 5.82 Å². The normalized spacial score (nSPS) is 19.4. The SMILES string of the molecule is CN(C(=O)c1ccc(Br)c(F)c1)C1CCOC1. The Kier molecular flexibility index (Phi) is 3.79. The summed E-state index contributed by atoms with van der Waals surface area (Å²) < 4.78 is 18.9. The second kappa shape index (κ2) is 5.14. The zero-order chi connectivity index (χ0) is 12.4. The summed E-state index contributed by atoms with van der Waals surface area (Å²) in [6.45, 7) is 1.23. The number of halogens is 2. The van der Waals surface area contributed by atoms with Gasteiger partial charge in [-0.1, -0.05) is 0 Å².